The van der Waals surface area contributed by atoms with E-state index < -0.39 is 0 Å². The Balaban J connectivity index is 1.85. The number of pyridine rings is 1. The maximum Gasteiger partial charge on any atom is 0.275 e. The molecule has 5 nitrogen and oxygen atoms in total. The van der Waals surface area contributed by atoms with E-state index in [2.05, 4.69) is 15.6 Å². The molecule has 2 heterocycles. The second-order valence-electron chi connectivity index (χ2n) is 4.66. The molecular formula is C16H16N4O. The minimum absolute atomic E-state index is 0.213. The summed E-state index contributed by atoms with van der Waals surface area (Å²) in [6, 6.07) is 13.2. The van der Waals surface area contributed by atoms with Gasteiger partial charge in [-0.15, -0.1) is 0 Å². The number of carbonyl (C=O) groups is 1. The fraction of sp³-hybridized carbons (Fsp3) is 0.125. The molecular weight excluding hydrogens is 264 g/mol. The lowest BCUT2D eigenvalue weighted by Crippen LogP contribution is -2.11. The summed E-state index contributed by atoms with van der Waals surface area (Å²) in [4.78, 5) is 16.5. The first-order valence-electron chi connectivity index (χ1n) is 6.85. The second kappa shape index (κ2) is 5.66. The van der Waals surface area contributed by atoms with E-state index in [0.29, 0.717) is 5.69 Å². The molecule has 106 valence electrons. The molecule has 0 saturated carbocycles. The van der Waals surface area contributed by atoms with Crippen molar-refractivity contribution in [3.05, 3.63) is 60.6 Å². The van der Waals surface area contributed by atoms with Crippen LogP contribution in [0, 0.1) is 0 Å². The lowest BCUT2D eigenvalue weighted by Gasteiger charge is -2.02. The van der Waals surface area contributed by atoms with Crippen LogP contribution in [-0.2, 0) is 0 Å². The van der Waals surface area contributed by atoms with E-state index in [1.54, 1.807) is 6.20 Å². The van der Waals surface area contributed by atoms with Gasteiger partial charge in [0.25, 0.3) is 5.91 Å². The monoisotopic (exact) mass is 280 g/mol. The van der Waals surface area contributed by atoms with Crippen molar-refractivity contribution in [2.75, 3.05) is 17.2 Å². The molecule has 0 aliphatic carbocycles. The third kappa shape index (κ3) is 2.86. The Labute approximate surface area is 122 Å². The van der Waals surface area contributed by atoms with Gasteiger partial charge in [0.2, 0.25) is 0 Å². The molecule has 0 radical (unpaired) electrons. The summed E-state index contributed by atoms with van der Waals surface area (Å²) >= 11 is 0. The number of anilines is 2. The van der Waals surface area contributed by atoms with Gasteiger partial charge in [0.05, 0.1) is 5.69 Å². The Hall–Kier alpha value is -2.82. The zero-order valence-electron chi connectivity index (χ0n) is 11.7. The van der Waals surface area contributed by atoms with Crippen LogP contribution in [-0.4, -0.2) is 21.8 Å². The van der Waals surface area contributed by atoms with E-state index in [1.807, 2.05) is 60.0 Å². The van der Waals surface area contributed by atoms with Crippen molar-refractivity contribution < 1.29 is 4.79 Å². The molecule has 0 unspecified atom stereocenters. The van der Waals surface area contributed by atoms with Gasteiger partial charge in [0, 0.05) is 24.6 Å². The fourth-order valence-electron chi connectivity index (χ4n) is 2.13. The zero-order valence-corrected chi connectivity index (χ0v) is 11.7. The van der Waals surface area contributed by atoms with Crippen molar-refractivity contribution in [1.29, 1.82) is 0 Å². The normalized spacial score (nSPS) is 10.5. The van der Waals surface area contributed by atoms with Gasteiger partial charge < -0.3 is 15.0 Å². The molecule has 1 aromatic carbocycles. The van der Waals surface area contributed by atoms with Crippen LogP contribution >= 0.6 is 0 Å². The van der Waals surface area contributed by atoms with Gasteiger partial charge in [-0.05, 0) is 31.2 Å². The largest absolute Gasteiger partial charge is 0.384 e. The van der Waals surface area contributed by atoms with Gasteiger partial charge in [-0.2, -0.15) is 0 Å². The molecule has 0 atom stereocenters. The number of hydrogen-bond donors (Lipinski definition) is 2. The van der Waals surface area contributed by atoms with E-state index in [9.17, 15) is 4.79 Å². The van der Waals surface area contributed by atoms with Crippen molar-refractivity contribution >= 4 is 22.9 Å². The van der Waals surface area contributed by atoms with Crippen molar-refractivity contribution in [1.82, 2.24) is 9.38 Å². The maximum atomic E-state index is 12.2. The first kappa shape index (κ1) is 13.2. The van der Waals surface area contributed by atoms with Gasteiger partial charge in [-0.1, -0.05) is 18.2 Å². The van der Waals surface area contributed by atoms with Gasteiger partial charge in [-0.25, -0.2) is 4.98 Å². The molecule has 3 rings (SSSR count). The summed E-state index contributed by atoms with van der Waals surface area (Å²) in [5.41, 5.74) is 2.90. The summed E-state index contributed by atoms with van der Waals surface area (Å²) in [5, 5.41) is 6.06. The van der Waals surface area contributed by atoms with Crippen LogP contribution in [0.4, 0.5) is 11.4 Å². The molecule has 0 spiro atoms. The van der Waals surface area contributed by atoms with Crippen molar-refractivity contribution in [2.45, 2.75) is 6.92 Å². The molecule has 0 saturated heterocycles. The average Bonchev–Trinajstić information content (AvgIpc) is 2.92. The minimum atomic E-state index is -0.213. The van der Waals surface area contributed by atoms with Crippen molar-refractivity contribution in [3.63, 3.8) is 0 Å². The highest BCUT2D eigenvalue weighted by atomic mass is 16.1. The second-order valence-corrected chi connectivity index (χ2v) is 4.66. The van der Waals surface area contributed by atoms with Gasteiger partial charge in [0.15, 0.2) is 0 Å². The third-order valence-corrected chi connectivity index (χ3v) is 3.10. The number of hydrogen-bond acceptors (Lipinski definition) is 3. The molecule has 0 fully saturated rings. The van der Waals surface area contributed by atoms with Crippen LogP contribution in [0.3, 0.4) is 0 Å². The summed E-state index contributed by atoms with van der Waals surface area (Å²) < 4.78 is 1.85. The molecule has 0 bridgehead atoms. The first-order chi connectivity index (χ1) is 10.3. The van der Waals surface area contributed by atoms with E-state index in [-0.39, 0.29) is 5.91 Å². The number of nitrogens with zero attached hydrogens (tertiary/aromatic N) is 2. The van der Waals surface area contributed by atoms with E-state index >= 15 is 0 Å². The van der Waals surface area contributed by atoms with E-state index in [1.165, 1.54) is 0 Å². The van der Waals surface area contributed by atoms with Crippen molar-refractivity contribution in [3.8, 4) is 0 Å². The molecule has 0 aliphatic rings. The van der Waals surface area contributed by atoms with Crippen LogP contribution in [0.15, 0.2) is 54.9 Å². The summed E-state index contributed by atoms with van der Waals surface area (Å²) in [7, 11) is 0. The minimum Gasteiger partial charge on any atom is -0.384 e. The number of aromatic nitrogens is 2. The Bertz CT molecular complexity index is 764. The van der Waals surface area contributed by atoms with Crippen LogP contribution in [0.5, 0.6) is 0 Å². The van der Waals surface area contributed by atoms with Crippen LogP contribution in [0.2, 0.25) is 0 Å². The fourth-order valence-corrected chi connectivity index (χ4v) is 2.13. The Morgan fingerprint density at radius 3 is 2.67 bits per heavy atom. The topological polar surface area (TPSA) is 58.4 Å². The Morgan fingerprint density at radius 2 is 1.90 bits per heavy atom. The lowest BCUT2D eigenvalue weighted by molar-refractivity contribution is 0.102. The number of para-hydroxylation sites is 1. The number of carbonyl (C=O) groups excluding carboxylic acids is 1. The molecule has 5 heteroatoms. The maximum absolute atomic E-state index is 12.2. The molecule has 2 N–H and O–H groups in total. The number of imidazole rings is 1. The lowest BCUT2D eigenvalue weighted by atomic mass is 10.3. The first-order valence-corrected chi connectivity index (χ1v) is 6.85. The quantitative estimate of drug-likeness (QED) is 0.772. The molecule has 1 amide bonds. The number of nitrogens with one attached hydrogen (secondary N) is 2. The smallest absolute Gasteiger partial charge is 0.275 e. The highest BCUT2D eigenvalue weighted by Crippen LogP contribution is 2.13. The molecule has 3 aromatic rings. The third-order valence-electron chi connectivity index (χ3n) is 3.10. The number of fused-ring (bicyclic) bond motifs is 1. The van der Waals surface area contributed by atoms with Gasteiger partial charge in [-0.3, -0.25) is 4.79 Å². The van der Waals surface area contributed by atoms with Crippen LogP contribution in [0.25, 0.3) is 5.65 Å². The van der Waals surface area contributed by atoms with Gasteiger partial charge in [0.1, 0.15) is 11.3 Å². The predicted molar refractivity (Wildman–Crippen MR) is 83.8 cm³/mol. The molecule has 2 aromatic heterocycles. The Kier molecular flexibility index (Phi) is 3.55. The number of rotatable bonds is 4. The Morgan fingerprint density at radius 1 is 1.10 bits per heavy atom. The predicted octanol–water partition coefficient (Wildman–Crippen LogP) is 3.02. The van der Waals surface area contributed by atoms with Crippen molar-refractivity contribution in [2.24, 2.45) is 0 Å². The van der Waals surface area contributed by atoms with E-state index in [4.69, 9.17) is 0 Å². The highest BCUT2D eigenvalue weighted by molar-refractivity contribution is 6.03. The summed E-state index contributed by atoms with van der Waals surface area (Å²) in [5.74, 6) is -0.213. The standard InChI is InChI=1S/C16H16N4O/c1-2-17-13-8-9-15-19-14(11-20(15)10-13)16(21)18-12-6-4-3-5-7-12/h3-11,17H,2H2,1H3,(H,18,21). The average molecular weight is 280 g/mol. The molecule has 0 aliphatic heterocycles. The summed E-state index contributed by atoms with van der Waals surface area (Å²) in [6.45, 7) is 2.89. The summed E-state index contributed by atoms with van der Waals surface area (Å²) in [6.07, 6.45) is 3.65. The van der Waals surface area contributed by atoms with E-state index in [0.717, 1.165) is 23.6 Å². The zero-order chi connectivity index (χ0) is 14.7. The van der Waals surface area contributed by atoms with Gasteiger partial charge >= 0.3 is 0 Å². The van der Waals surface area contributed by atoms with Crippen LogP contribution in [0.1, 0.15) is 17.4 Å². The highest BCUT2D eigenvalue weighted by Gasteiger charge is 2.11. The number of benzene rings is 1. The SMILES string of the molecule is CCNc1ccc2nc(C(=O)Nc3ccccc3)cn2c1. The number of amides is 1. The molecule has 21 heavy (non-hydrogen) atoms. The van der Waals surface area contributed by atoms with Crippen LogP contribution < -0.4 is 10.6 Å².